The van der Waals surface area contributed by atoms with Gasteiger partial charge in [0.05, 0.1) is 4.92 Å². The Kier molecular flexibility index (Phi) is 4.37. The van der Waals surface area contributed by atoms with Gasteiger partial charge in [0.15, 0.2) is 0 Å². The lowest BCUT2D eigenvalue weighted by atomic mass is 10.2. The third-order valence-corrected chi connectivity index (χ3v) is 3.62. The average Bonchev–Trinajstić information content (AvgIpc) is 3.20. The molecule has 5 nitrogen and oxygen atoms in total. The molecule has 0 aromatic heterocycles. The predicted octanol–water partition coefficient (Wildman–Crippen LogP) is 2.80. The second kappa shape index (κ2) is 6.02. The molecule has 104 valence electrons. The van der Waals surface area contributed by atoms with E-state index in [0.717, 1.165) is 36.9 Å². The molecular formula is C14H21N3O2. The normalized spacial score (nSPS) is 14.7. The molecule has 1 saturated carbocycles. The van der Waals surface area contributed by atoms with Crippen molar-refractivity contribution in [2.45, 2.75) is 32.7 Å². The van der Waals surface area contributed by atoms with Crippen molar-refractivity contribution in [1.29, 1.82) is 0 Å². The molecule has 5 heteroatoms. The number of nitro groups is 1. The standard InChI is InChI=1S/C14H21N3O2/c1-3-16(12-6-7-12)9-8-15-14-10-13(17(18)19)5-4-11(14)2/h4-5,10,12,15H,3,6-9H2,1-2H3. The number of nitro benzene ring substituents is 1. The highest BCUT2D eigenvalue weighted by molar-refractivity contribution is 5.56. The third kappa shape index (κ3) is 3.67. The number of aryl methyl sites for hydroxylation is 1. The van der Waals surface area contributed by atoms with Crippen molar-refractivity contribution in [2.24, 2.45) is 0 Å². The molecular weight excluding hydrogens is 242 g/mol. The fourth-order valence-corrected chi connectivity index (χ4v) is 2.29. The van der Waals surface area contributed by atoms with E-state index in [1.165, 1.54) is 12.8 Å². The summed E-state index contributed by atoms with van der Waals surface area (Å²) in [7, 11) is 0. The average molecular weight is 263 g/mol. The lowest BCUT2D eigenvalue weighted by molar-refractivity contribution is -0.384. The summed E-state index contributed by atoms with van der Waals surface area (Å²) in [5, 5.41) is 14.1. The summed E-state index contributed by atoms with van der Waals surface area (Å²) in [4.78, 5) is 12.9. The first-order valence-corrected chi connectivity index (χ1v) is 6.84. The fraction of sp³-hybridized carbons (Fsp3) is 0.571. The number of benzene rings is 1. The zero-order valence-corrected chi connectivity index (χ0v) is 11.6. The third-order valence-electron chi connectivity index (χ3n) is 3.62. The van der Waals surface area contributed by atoms with Crippen molar-refractivity contribution in [1.82, 2.24) is 4.90 Å². The monoisotopic (exact) mass is 263 g/mol. The molecule has 0 amide bonds. The van der Waals surface area contributed by atoms with Crippen LogP contribution in [0.4, 0.5) is 11.4 Å². The molecule has 0 radical (unpaired) electrons. The van der Waals surface area contributed by atoms with E-state index < -0.39 is 0 Å². The lowest BCUT2D eigenvalue weighted by Gasteiger charge is -2.20. The molecule has 1 aliphatic rings. The largest absolute Gasteiger partial charge is 0.383 e. The van der Waals surface area contributed by atoms with Crippen LogP contribution in [0, 0.1) is 17.0 Å². The topological polar surface area (TPSA) is 58.4 Å². The van der Waals surface area contributed by atoms with Crippen LogP contribution in [0.1, 0.15) is 25.3 Å². The van der Waals surface area contributed by atoms with Gasteiger partial charge in [-0.15, -0.1) is 0 Å². The van der Waals surface area contributed by atoms with Crippen LogP contribution in [0.3, 0.4) is 0 Å². The second-order valence-electron chi connectivity index (χ2n) is 5.04. The summed E-state index contributed by atoms with van der Waals surface area (Å²) < 4.78 is 0. The van der Waals surface area contributed by atoms with Gasteiger partial charge in [-0.2, -0.15) is 0 Å². The molecule has 19 heavy (non-hydrogen) atoms. The molecule has 2 rings (SSSR count). The first-order chi connectivity index (χ1) is 9.11. The maximum atomic E-state index is 10.8. The Bertz CT molecular complexity index is 458. The highest BCUT2D eigenvalue weighted by Crippen LogP contribution is 2.26. The minimum atomic E-state index is -0.354. The summed E-state index contributed by atoms with van der Waals surface area (Å²) in [6.45, 7) is 7.03. The molecule has 0 unspecified atom stereocenters. The van der Waals surface area contributed by atoms with Crippen molar-refractivity contribution in [3.05, 3.63) is 33.9 Å². The van der Waals surface area contributed by atoms with E-state index in [2.05, 4.69) is 17.1 Å². The Morgan fingerprint density at radius 1 is 1.47 bits per heavy atom. The van der Waals surface area contributed by atoms with E-state index in [1.54, 1.807) is 18.2 Å². The fourth-order valence-electron chi connectivity index (χ4n) is 2.29. The smallest absolute Gasteiger partial charge is 0.271 e. The molecule has 0 saturated heterocycles. The number of hydrogen-bond donors (Lipinski definition) is 1. The van der Waals surface area contributed by atoms with Crippen LogP contribution in [-0.2, 0) is 0 Å². The number of hydrogen-bond acceptors (Lipinski definition) is 4. The molecule has 0 atom stereocenters. The number of non-ortho nitro benzene ring substituents is 1. The van der Waals surface area contributed by atoms with Crippen molar-refractivity contribution < 1.29 is 4.92 Å². The van der Waals surface area contributed by atoms with Crippen LogP contribution in [0.2, 0.25) is 0 Å². The van der Waals surface area contributed by atoms with Crippen LogP contribution in [0.15, 0.2) is 18.2 Å². The number of nitrogens with zero attached hydrogens (tertiary/aromatic N) is 2. The first kappa shape index (κ1) is 13.8. The van der Waals surface area contributed by atoms with E-state index in [9.17, 15) is 10.1 Å². The van der Waals surface area contributed by atoms with Crippen molar-refractivity contribution in [3.8, 4) is 0 Å². The van der Waals surface area contributed by atoms with Crippen LogP contribution in [0.5, 0.6) is 0 Å². The number of nitrogens with one attached hydrogen (secondary N) is 1. The van der Waals surface area contributed by atoms with Gasteiger partial charge >= 0.3 is 0 Å². The summed E-state index contributed by atoms with van der Waals surface area (Å²) in [6, 6.07) is 5.71. The Hall–Kier alpha value is -1.62. The summed E-state index contributed by atoms with van der Waals surface area (Å²) in [5.41, 5.74) is 2.05. The molecule has 1 fully saturated rings. The van der Waals surface area contributed by atoms with E-state index in [0.29, 0.717) is 0 Å². The maximum absolute atomic E-state index is 10.8. The number of anilines is 1. The van der Waals surface area contributed by atoms with Crippen LogP contribution in [-0.4, -0.2) is 35.5 Å². The summed E-state index contributed by atoms with van der Waals surface area (Å²) >= 11 is 0. The van der Waals surface area contributed by atoms with Gasteiger partial charge in [-0.3, -0.25) is 15.0 Å². The molecule has 1 aromatic carbocycles. The van der Waals surface area contributed by atoms with Gasteiger partial charge in [-0.05, 0) is 31.9 Å². The van der Waals surface area contributed by atoms with Gasteiger partial charge < -0.3 is 5.32 Å². The lowest BCUT2D eigenvalue weighted by Crippen LogP contribution is -2.30. The zero-order chi connectivity index (χ0) is 13.8. The molecule has 0 spiro atoms. The van der Waals surface area contributed by atoms with E-state index in [1.807, 2.05) is 6.92 Å². The van der Waals surface area contributed by atoms with Gasteiger partial charge in [0.1, 0.15) is 0 Å². The van der Waals surface area contributed by atoms with E-state index >= 15 is 0 Å². The Balaban J connectivity index is 1.91. The molecule has 1 aliphatic carbocycles. The molecule has 1 N–H and O–H groups in total. The van der Waals surface area contributed by atoms with Crippen LogP contribution >= 0.6 is 0 Å². The van der Waals surface area contributed by atoms with Gasteiger partial charge in [0.2, 0.25) is 0 Å². The summed E-state index contributed by atoms with van der Waals surface area (Å²) in [5.74, 6) is 0. The van der Waals surface area contributed by atoms with Crippen LogP contribution < -0.4 is 5.32 Å². The number of likely N-dealkylation sites (N-methyl/N-ethyl adjacent to an activating group) is 1. The minimum absolute atomic E-state index is 0.141. The van der Waals surface area contributed by atoms with Crippen molar-refractivity contribution in [3.63, 3.8) is 0 Å². The second-order valence-corrected chi connectivity index (χ2v) is 5.04. The Labute approximate surface area is 113 Å². The predicted molar refractivity (Wildman–Crippen MR) is 76.6 cm³/mol. The van der Waals surface area contributed by atoms with Crippen LogP contribution in [0.25, 0.3) is 0 Å². The van der Waals surface area contributed by atoms with Gasteiger partial charge in [0.25, 0.3) is 5.69 Å². The minimum Gasteiger partial charge on any atom is -0.383 e. The van der Waals surface area contributed by atoms with Gasteiger partial charge in [-0.25, -0.2) is 0 Å². The van der Waals surface area contributed by atoms with E-state index in [4.69, 9.17) is 0 Å². The summed E-state index contributed by atoms with van der Waals surface area (Å²) in [6.07, 6.45) is 2.62. The highest BCUT2D eigenvalue weighted by Gasteiger charge is 2.27. The van der Waals surface area contributed by atoms with Crippen molar-refractivity contribution >= 4 is 11.4 Å². The Morgan fingerprint density at radius 2 is 2.21 bits per heavy atom. The number of rotatable bonds is 7. The molecule has 0 aliphatic heterocycles. The first-order valence-electron chi connectivity index (χ1n) is 6.84. The Morgan fingerprint density at radius 3 is 2.79 bits per heavy atom. The SMILES string of the molecule is CCN(CCNc1cc([N+](=O)[O-])ccc1C)C1CC1. The van der Waals surface area contributed by atoms with Gasteiger partial charge in [-0.1, -0.05) is 13.0 Å². The maximum Gasteiger partial charge on any atom is 0.271 e. The highest BCUT2D eigenvalue weighted by atomic mass is 16.6. The van der Waals surface area contributed by atoms with E-state index in [-0.39, 0.29) is 10.6 Å². The van der Waals surface area contributed by atoms with Crippen molar-refractivity contribution in [2.75, 3.05) is 25.0 Å². The van der Waals surface area contributed by atoms with Gasteiger partial charge in [0, 0.05) is 37.0 Å². The molecule has 0 heterocycles. The quantitative estimate of drug-likeness (QED) is 0.607. The zero-order valence-electron chi connectivity index (χ0n) is 11.6. The molecule has 0 bridgehead atoms. The molecule has 1 aromatic rings.